The Morgan fingerprint density at radius 2 is 1.81 bits per heavy atom. The highest BCUT2D eigenvalue weighted by Crippen LogP contribution is 2.20. The number of carbonyl (C=O) groups is 1. The molecule has 1 aromatic rings. The van der Waals surface area contributed by atoms with Gasteiger partial charge in [0.05, 0.1) is 0 Å². The third kappa shape index (κ3) is 4.76. The van der Waals surface area contributed by atoms with Gasteiger partial charge in [-0.05, 0) is 43.4 Å². The van der Waals surface area contributed by atoms with Gasteiger partial charge in [0.2, 0.25) is 5.91 Å². The summed E-state index contributed by atoms with van der Waals surface area (Å²) in [5.74, 6) is 0.247. The fourth-order valence-corrected chi connectivity index (χ4v) is 2.85. The summed E-state index contributed by atoms with van der Waals surface area (Å²) in [5, 5.41) is 0. The van der Waals surface area contributed by atoms with Gasteiger partial charge in [-0.2, -0.15) is 0 Å². The fourth-order valence-electron chi connectivity index (χ4n) is 2.85. The molecule has 2 rings (SSSR count). The summed E-state index contributed by atoms with van der Waals surface area (Å²) in [7, 11) is 1.90. The van der Waals surface area contributed by atoms with Gasteiger partial charge in [0, 0.05) is 38.8 Å². The van der Waals surface area contributed by atoms with Crippen LogP contribution >= 0.6 is 0 Å². The van der Waals surface area contributed by atoms with Gasteiger partial charge in [-0.3, -0.25) is 4.79 Å². The number of hydrogen-bond donors (Lipinski definition) is 0. The first kappa shape index (κ1) is 15.9. The number of unbranched alkanes of at least 4 members (excludes halogenated alkanes) is 1. The minimum Gasteiger partial charge on any atom is -0.372 e. The van der Waals surface area contributed by atoms with Crippen molar-refractivity contribution in [3.8, 4) is 0 Å². The molecular formula is C18H28N2O. The van der Waals surface area contributed by atoms with E-state index in [2.05, 4.69) is 36.1 Å². The van der Waals surface area contributed by atoms with Crippen molar-refractivity contribution < 1.29 is 4.79 Å². The molecule has 1 amide bonds. The first-order chi connectivity index (χ1) is 10.2. The summed E-state index contributed by atoms with van der Waals surface area (Å²) in [6, 6.07) is 8.72. The summed E-state index contributed by atoms with van der Waals surface area (Å²) < 4.78 is 0. The van der Waals surface area contributed by atoms with Crippen LogP contribution in [0.4, 0.5) is 5.69 Å². The standard InChI is InChI=1S/C18H28N2O/c1-3-4-8-18(21)19(2)15-16-9-11-17(12-10-16)20-13-6-5-7-14-20/h9-12H,3-8,13-15H2,1-2H3. The predicted octanol–water partition coefficient (Wildman–Crippen LogP) is 3.83. The molecule has 21 heavy (non-hydrogen) atoms. The Bertz CT molecular complexity index is 435. The van der Waals surface area contributed by atoms with Crippen LogP contribution in [0.25, 0.3) is 0 Å². The van der Waals surface area contributed by atoms with Gasteiger partial charge in [-0.25, -0.2) is 0 Å². The number of piperidine rings is 1. The molecule has 0 aromatic heterocycles. The van der Waals surface area contributed by atoms with E-state index in [0.29, 0.717) is 13.0 Å². The van der Waals surface area contributed by atoms with E-state index >= 15 is 0 Å². The zero-order valence-electron chi connectivity index (χ0n) is 13.5. The van der Waals surface area contributed by atoms with E-state index in [1.165, 1.54) is 43.6 Å². The van der Waals surface area contributed by atoms with E-state index in [0.717, 1.165) is 12.8 Å². The molecular weight excluding hydrogens is 260 g/mol. The molecule has 1 fully saturated rings. The predicted molar refractivity (Wildman–Crippen MR) is 88.5 cm³/mol. The third-order valence-electron chi connectivity index (χ3n) is 4.25. The Labute approximate surface area is 128 Å². The smallest absolute Gasteiger partial charge is 0.222 e. The summed E-state index contributed by atoms with van der Waals surface area (Å²) >= 11 is 0. The van der Waals surface area contributed by atoms with Gasteiger partial charge in [0.15, 0.2) is 0 Å². The monoisotopic (exact) mass is 288 g/mol. The van der Waals surface area contributed by atoms with Crippen LogP contribution in [0.15, 0.2) is 24.3 Å². The molecule has 1 saturated heterocycles. The van der Waals surface area contributed by atoms with Crippen LogP contribution in [-0.2, 0) is 11.3 Å². The first-order valence-electron chi connectivity index (χ1n) is 8.28. The summed E-state index contributed by atoms with van der Waals surface area (Å²) in [6.45, 7) is 5.18. The Morgan fingerprint density at radius 1 is 1.14 bits per heavy atom. The van der Waals surface area contributed by atoms with Crippen molar-refractivity contribution in [2.75, 3.05) is 25.0 Å². The fraction of sp³-hybridized carbons (Fsp3) is 0.611. The summed E-state index contributed by atoms with van der Waals surface area (Å²) in [4.78, 5) is 16.2. The molecule has 1 aromatic carbocycles. The minimum atomic E-state index is 0.247. The highest BCUT2D eigenvalue weighted by molar-refractivity contribution is 5.75. The van der Waals surface area contributed by atoms with Crippen LogP contribution in [0.5, 0.6) is 0 Å². The van der Waals surface area contributed by atoms with Crippen LogP contribution in [0.3, 0.4) is 0 Å². The zero-order valence-corrected chi connectivity index (χ0v) is 13.5. The number of benzene rings is 1. The van der Waals surface area contributed by atoms with E-state index in [1.54, 1.807) is 0 Å². The van der Waals surface area contributed by atoms with E-state index in [4.69, 9.17) is 0 Å². The van der Waals surface area contributed by atoms with Gasteiger partial charge in [0.1, 0.15) is 0 Å². The number of amides is 1. The van der Waals surface area contributed by atoms with E-state index in [-0.39, 0.29) is 5.91 Å². The van der Waals surface area contributed by atoms with Crippen molar-refractivity contribution >= 4 is 11.6 Å². The van der Waals surface area contributed by atoms with E-state index in [9.17, 15) is 4.79 Å². The van der Waals surface area contributed by atoms with Crippen LogP contribution in [0.1, 0.15) is 51.0 Å². The zero-order chi connectivity index (χ0) is 15.1. The molecule has 1 aliphatic heterocycles. The molecule has 0 N–H and O–H groups in total. The maximum Gasteiger partial charge on any atom is 0.222 e. The lowest BCUT2D eigenvalue weighted by atomic mass is 10.1. The maximum atomic E-state index is 11.9. The Hall–Kier alpha value is -1.51. The van der Waals surface area contributed by atoms with Crippen LogP contribution in [0, 0.1) is 0 Å². The lowest BCUT2D eigenvalue weighted by Crippen LogP contribution is -2.29. The number of nitrogens with zero attached hydrogens (tertiary/aromatic N) is 2. The van der Waals surface area contributed by atoms with Crippen molar-refractivity contribution in [2.24, 2.45) is 0 Å². The molecule has 116 valence electrons. The van der Waals surface area contributed by atoms with Crippen LogP contribution in [0.2, 0.25) is 0 Å². The number of carbonyl (C=O) groups excluding carboxylic acids is 1. The quantitative estimate of drug-likeness (QED) is 0.794. The van der Waals surface area contributed by atoms with Gasteiger partial charge in [0.25, 0.3) is 0 Å². The topological polar surface area (TPSA) is 23.6 Å². The summed E-state index contributed by atoms with van der Waals surface area (Å²) in [5.41, 5.74) is 2.53. The van der Waals surface area contributed by atoms with Crippen LogP contribution in [-0.4, -0.2) is 30.9 Å². The van der Waals surface area contributed by atoms with Gasteiger partial charge in [-0.1, -0.05) is 25.5 Å². The van der Waals surface area contributed by atoms with E-state index < -0.39 is 0 Å². The lowest BCUT2D eigenvalue weighted by Gasteiger charge is -2.29. The van der Waals surface area contributed by atoms with Gasteiger partial charge >= 0.3 is 0 Å². The Balaban J connectivity index is 1.88. The summed E-state index contributed by atoms with van der Waals surface area (Å²) in [6.07, 6.45) is 6.69. The third-order valence-corrected chi connectivity index (χ3v) is 4.25. The van der Waals surface area contributed by atoms with E-state index in [1.807, 2.05) is 11.9 Å². The van der Waals surface area contributed by atoms with Crippen molar-refractivity contribution in [1.29, 1.82) is 0 Å². The highest BCUT2D eigenvalue weighted by Gasteiger charge is 2.12. The normalized spacial score (nSPS) is 15.0. The lowest BCUT2D eigenvalue weighted by molar-refractivity contribution is -0.130. The molecule has 1 heterocycles. The molecule has 0 atom stereocenters. The van der Waals surface area contributed by atoms with Crippen molar-refractivity contribution in [3.63, 3.8) is 0 Å². The maximum absolute atomic E-state index is 11.9. The SMILES string of the molecule is CCCCC(=O)N(C)Cc1ccc(N2CCCCC2)cc1. The minimum absolute atomic E-state index is 0.247. The van der Waals surface area contributed by atoms with Crippen LogP contribution < -0.4 is 4.90 Å². The van der Waals surface area contributed by atoms with Crippen molar-refractivity contribution in [3.05, 3.63) is 29.8 Å². The average molecular weight is 288 g/mol. The molecule has 0 bridgehead atoms. The number of rotatable bonds is 6. The largest absolute Gasteiger partial charge is 0.372 e. The Morgan fingerprint density at radius 3 is 2.43 bits per heavy atom. The number of anilines is 1. The molecule has 0 spiro atoms. The Kier molecular flexibility index (Phi) is 6.09. The second-order valence-corrected chi connectivity index (χ2v) is 6.07. The molecule has 0 radical (unpaired) electrons. The second-order valence-electron chi connectivity index (χ2n) is 6.07. The molecule has 3 heteroatoms. The second kappa shape index (κ2) is 8.06. The highest BCUT2D eigenvalue weighted by atomic mass is 16.2. The average Bonchev–Trinajstić information content (AvgIpc) is 2.54. The van der Waals surface area contributed by atoms with Crippen molar-refractivity contribution in [2.45, 2.75) is 52.0 Å². The first-order valence-corrected chi connectivity index (χ1v) is 8.28. The molecule has 3 nitrogen and oxygen atoms in total. The number of hydrogen-bond acceptors (Lipinski definition) is 2. The van der Waals surface area contributed by atoms with Gasteiger partial charge < -0.3 is 9.80 Å². The molecule has 0 aliphatic carbocycles. The molecule has 0 unspecified atom stereocenters. The molecule has 0 saturated carbocycles. The molecule has 1 aliphatic rings. The van der Waals surface area contributed by atoms with Gasteiger partial charge in [-0.15, -0.1) is 0 Å². The van der Waals surface area contributed by atoms with Crippen molar-refractivity contribution in [1.82, 2.24) is 4.90 Å².